The van der Waals surface area contributed by atoms with Crippen molar-refractivity contribution in [3.63, 3.8) is 0 Å². The molecule has 6 heteroatoms. The van der Waals surface area contributed by atoms with Crippen molar-refractivity contribution in [2.45, 2.75) is 62.4 Å². The summed E-state index contributed by atoms with van der Waals surface area (Å²) in [6, 6.07) is 16.9. The number of rotatable bonds is 4. The minimum absolute atomic E-state index is 0.0563. The van der Waals surface area contributed by atoms with Crippen molar-refractivity contribution < 1.29 is 17.7 Å². The second-order valence-corrected chi connectivity index (χ2v) is 13.0. The van der Waals surface area contributed by atoms with Crippen molar-refractivity contribution in [1.82, 2.24) is 0 Å². The Labute approximate surface area is 214 Å². The summed E-state index contributed by atoms with van der Waals surface area (Å²) in [6.45, 7) is 2.29. The standard InChI is InChI=1S/C30H35NO4S/c1-30-17-16-22-21-13-11-20(18-19(21)10-12-23(22)26(30)14-15-29(30)32)35-36(33,34)28-9-5-6-24-25(28)7-4-8-27(24)31(2)3/h4-9,11,13,18,22-23,26,29,32H,10,12,14-17H2,1-3H3/t22-,23-,26+,29+,30+/m1/s1. The van der Waals surface area contributed by atoms with Gasteiger partial charge in [-0.15, -0.1) is 0 Å². The van der Waals surface area contributed by atoms with Gasteiger partial charge in [0.25, 0.3) is 0 Å². The van der Waals surface area contributed by atoms with Gasteiger partial charge in [0.1, 0.15) is 10.6 Å². The molecule has 3 aromatic rings. The third-order valence-electron chi connectivity index (χ3n) is 9.46. The highest BCUT2D eigenvalue weighted by Gasteiger charge is 2.54. The number of anilines is 1. The minimum atomic E-state index is -4.00. The van der Waals surface area contributed by atoms with Crippen LogP contribution in [0.5, 0.6) is 5.75 Å². The zero-order valence-electron chi connectivity index (χ0n) is 21.3. The maximum atomic E-state index is 13.4. The summed E-state index contributed by atoms with van der Waals surface area (Å²) < 4.78 is 32.6. The number of hydrogen-bond donors (Lipinski definition) is 1. The first kappa shape index (κ1) is 23.8. The predicted molar refractivity (Wildman–Crippen MR) is 143 cm³/mol. The predicted octanol–water partition coefficient (Wildman–Crippen LogP) is 5.89. The smallest absolute Gasteiger partial charge is 0.339 e. The Morgan fingerprint density at radius 1 is 0.972 bits per heavy atom. The SMILES string of the molecule is CN(C)c1cccc2c(S(=O)(=O)Oc3ccc4c(c3)CC[C@@H]3[C@@H]4CC[C@]4(C)[C@@H](O)CC[C@@H]34)cccc12. The monoisotopic (exact) mass is 505 g/mol. The number of hydrogen-bond acceptors (Lipinski definition) is 5. The van der Waals surface area contributed by atoms with Crippen molar-refractivity contribution in [1.29, 1.82) is 0 Å². The van der Waals surface area contributed by atoms with Gasteiger partial charge in [-0.05, 0) is 97.1 Å². The zero-order valence-corrected chi connectivity index (χ0v) is 22.1. The number of benzene rings is 3. The summed E-state index contributed by atoms with van der Waals surface area (Å²) in [6.07, 6.45) is 6.04. The Morgan fingerprint density at radius 3 is 2.56 bits per heavy atom. The second-order valence-electron chi connectivity index (χ2n) is 11.5. The molecule has 190 valence electrons. The van der Waals surface area contributed by atoms with Crippen LogP contribution < -0.4 is 9.08 Å². The molecule has 2 fully saturated rings. The van der Waals surface area contributed by atoms with E-state index in [1.807, 2.05) is 55.4 Å². The Balaban J connectivity index is 1.29. The summed E-state index contributed by atoms with van der Waals surface area (Å²) in [5, 5.41) is 12.2. The fourth-order valence-electron chi connectivity index (χ4n) is 7.63. The van der Waals surface area contributed by atoms with E-state index >= 15 is 0 Å². The average Bonchev–Trinajstić information content (AvgIpc) is 3.17. The van der Waals surface area contributed by atoms with E-state index in [0.717, 1.165) is 49.6 Å². The molecule has 3 aromatic carbocycles. The van der Waals surface area contributed by atoms with Gasteiger partial charge in [-0.3, -0.25) is 0 Å². The topological polar surface area (TPSA) is 66.8 Å². The van der Waals surface area contributed by atoms with Crippen LogP contribution in [0.25, 0.3) is 10.8 Å². The first-order chi connectivity index (χ1) is 17.2. The largest absolute Gasteiger partial charge is 0.393 e. The molecule has 1 N–H and O–H groups in total. The molecule has 6 rings (SSSR count). The third-order valence-corrected chi connectivity index (χ3v) is 10.8. The van der Waals surface area contributed by atoms with E-state index in [4.69, 9.17) is 4.18 Å². The molecule has 2 saturated carbocycles. The summed E-state index contributed by atoms with van der Waals surface area (Å²) in [4.78, 5) is 2.17. The first-order valence-electron chi connectivity index (χ1n) is 13.1. The van der Waals surface area contributed by atoms with E-state index in [1.54, 1.807) is 12.1 Å². The molecule has 0 aromatic heterocycles. The molecule has 3 aliphatic rings. The highest BCUT2D eigenvalue weighted by Crippen LogP contribution is 2.61. The summed E-state index contributed by atoms with van der Waals surface area (Å²) in [5.41, 5.74) is 3.58. The summed E-state index contributed by atoms with van der Waals surface area (Å²) in [5.74, 6) is 2.05. The van der Waals surface area contributed by atoms with Gasteiger partial charge in [0.2, 0.25) is 0 Å². The van der Waals surface area contributed by atoms with Crippen molar-refractivity contribution >= 4 is 26.6 Å². The van der Waals surface area contributed by atoms with Gasteiger partial charge < -0.3 is 14.2 Å². The molecule has 0 saturated heterocycles. The lowest BCUT2D eigenvalue weighted by Gasteiger charge is -2.50. The fourth-order valence-corrected chi connectivity index (χ4v) is 8.77. The minimum Gasteiger partial charge on any atom is -0.393 e. The fraction of sp³-hybridized carbons (Fsp3) is 0.467. The maximum Gasteiger partial charge on any atom is 0.339 e. The van der Waals surface area contributed by atoms with Crippen LogP contribution in [0.1, 0.15) is 56.1 Å². The van der Waals surface area contributed by atoms with Crippen molar-refractivity contribution in [3.8, 4) is 5.75 Å². The average molecular weight is 506 g/mol. The van der Waals surface area contributed by atoms with E-state index in [-0.39, 0.29) is 16.4 Å². The van der Waals surface area contributed by atoms with Crippen LogP contribution in [-0.4, -0.2) is 33.7 Å². The van der Waals surface area contributed by atoms with Gasteiger partial charge in [0, 0.05) is 30.6 Å². The zero-order chi connectivity index (χ0) is 25.2. The van der Waals surface area contributed by atoms with Crippen LogP contribution in [-0.2, 0) is 16.5 Å². The van der Waals surface area contributed by atoms with Crippen molar-refractivity contribution in [3.05, 3.63) is 65.7 Å². The molecule has 0 amide bonds. The summed E-state index contributed by atoms with van der Waals surface area (Å²) in [7, 11) is -0.104. The van der Waals surface area contributed by atoms with Gasteiger partial charge >= 0.3 is 10.1 Å². The Morgan fingerprint density at radius 2 is 1.75 bits per heavy atom. The van der Waals surface area contributed by atoms with Crippen LogP contribution in [0.4, 0.5) is 5.69 Å². The summed E-state index contributed by atoms with van der Waals surface area (Å²) >= 11 is 0. The number of aryl methyl sites for hydroxylation is 1. The van der Waals surface area contributed by atoms with Crippen LogP contribution in [0, 0.1) is 17.3 Å². The second kappa shape index (κ2) is 8.49. The van der Waals surface area contributed by atoms with Crippen LogP contribution in [0.15, 0.2) is 59.5 Å². The number of fused-ring (bicyclic) bond motifs is 6. The molecule has 0 aliphatic heterocycles. The molecule has 0 heterocycles. The van der Waals surface area contributed by atoms with Gasteiger partial charge in [-0.25, -0.2) is 0 Å². The van der Waals surface area contributed by atoms with E-state index in [9.17, 15) is 13.5 Å². The van der Waals surface area contributed by atoms with Crippen LogP contribution in [0.3, 0.4) is 0 Å². The highest BCUT2D eigenvalue weighted by atomic mass is 32.2. The molecule has 0 radical (unpaired) electrons. The van der Waals surface area contributed by atoms with Crippen molar-refractivity contribution in [2.75, 3.05) is 19.0 Å². The Kier molecular flexibility index (Phi) is 5.61. The van der Waals surface area contributed by atoms with Crippen LogP contribution in [0.2, 0.25) is 0 Å². The highest BCUT2D eigenvalue weighted by molar-refractivity contribution is 7.87. The normalized spacial score (nSPS) is 29.3. The lowest BCUT2D eigenvalue weighted by molar-refractivity contribution is -0.0226. The Bertz CT molecular complexity index is 1430. The van der Waals surface area contributed by atoms with E-state index in [2.05, 4.69) is 13.0 Å². The Hall–Kier alpha value is -2.57. The lowest BCUT2D eigenvalue weighted by atomic mass is 9.55. The molecule has 0 unspecified atom stereocenters. The number of aliphatic hydroxyl groups excluding tert-OH is 1. The molecular weight excluding hydrogens is 470 g/mol. The third kappa shape index (κ3) is 3.64. The van der Waals surface area contributed by atoms with Gasteiger partial charge in [0.15, 0.2) is 0 Å². The van der Waals surface area contributed by atoms with E-state index < -0.39 is 10.1 Å². The van der Waals surface area contributed by atoms with Gasteiger partial charge in [-0.1, -0.05) is 37.3 Å². The lowest BCUT2D eigenvalue weighted by Crippen LogP contribution is -2.43. The van der Waals surface area contributed by atoms with E-state index in [0.29, 0.717) is 28.9 Å². The van der Waals surface area contributed by atoms with Crippen molar-refractivity contribution in [2.24, 2.45) is 17.3 Å². The molecule has 5 nitrogen and oxygen atoms in total. The molecular formula is C30H35NO4S. The maximum absolute atomic E-state index is 13.4. The van der Waals surface area contributed by atoms with Gasteiger partial charge in [0.05, 0.1) is 6.10 Å². The van der Waals surface area contributed by atoms with E-state index in [1.165, 1.54) is 11.1 Å². The first-order valence-corrected chi connectivity index (χ1v) is 14.5. The quantitative estimate of drug-likeness (QED) is 0.448. The molecule has 36 heavy (non-hydrogen) atoms. The molecule has 5 atom stereocenters. The number of aliphatic hydroxyl groups is 1. The number of nitrogens with zero attached hydrogens (tertiary/aromatic N) is 1. The molecule has 3 aliphatic carbocycles. The van der Waals surface area contributed by atoms with Crippen LogP contribution >= 0.6 is 0 Å². The molecule has 0 spiro atoms. The molecule has 0 bridgehead atoms. The van der Waals surface area contributed by atoms with Gasteiger partial charge in [-0.2, -0.15) is 8.42 Å².